The lowest BCUT2D eigenvalue weighted by Gasteiger charge is -2.06. The van der Waals surface area contributed by atoms with E-state index in [2.05, 4.69) is 5.32 Å². The Labute approximate surface area is 144 Å². The van der Waals surface area contributed by atoms with E-state index in [-0.39, 0.29) is 12.5 Å². The van der Waals surface area contributed by atoms with Crippen molar-refractivity contribution < 1.29 is 14.3 Å². The summed E-state index contributed by atoms with van der Waals surface area (Å²) in [6, 6.07) is 7.58. The number of ether oxygens (including phenoxy) is 1. The fourth-order valence-corrected chi connectivity index (χ4v) is 3.45. The van der Waals surface area contributed by atoms with E-state index in [4.69, 9.17) is 4.74 Å². The quantitative estimate of drug-likeness (QED) is 0.853. The van der Waals surface area contributed by atoms with Gasteiger partial charge in [-0.05, 0) is 45.4 Å². The van der Waals surface area contributed by atoms with E-state index in [1.807, 2.05) is 26.0 Å². The summed E-state index contributed by atoms with van der Waals surface area (Å²) < 4.78 is 4.99. The summed E-state index contributed by atoms with van der Waals surface area (Å²) in [6.45, 7) is 7.47. The monoisotopic (exact) mass is 342 g/mol. The smallest absolute Gasteiger partial charge is 0.348 e. The number of esters is 1. The second-order valence-electron chi connectivity index (χ2n) is 5.42. The number of aryl methyl sites for hydroxylation is 2. The SMILES string of the molecule is CCOC(=O)c1sc(NC(=O)c2cc(C)cc(C)c2)c(C#N)c1C. The number of hydrogen-bond acceptors (Lipinski definition) is 5. The molecule has 124 valence electrons. The van der Waals surface area contributed by atoms with E-state index in [0.717, 1.165) is 22.5 Å². The van der Waals surface area contributed by atoms with Gasteiger partial charge in [0, 0.05) is 5.56 Å². The fourth-order valence-electron chi connectivity index (χ4n) is 2.41. The van der Waals surface area contributed by atoms with Crippen LogP contribution in [0.15, 0.2) is 18.2 Å². The Morgan fingerprint density at radius 2 is 1.83 bits per heavy atom. The van der Waals surface area contributed by atoms with Gasteiger partial charge in [-0.25, -0.2) is 4.79 Å². The lowest BCUT2D eigenvalue weighted by atomic mass is 10.1. The Morgan fingerprint density at radius 1 is 1.21 bits per heavy atom. The first-order valence-corrected chi connectivity index (χ1v) is 8.29. The Bertz CT molecular complexity index is 826. The van der Waals surface area contributed by atoms with Crippen molar-refractivity contribution in [3.05, 3.63) is 50.9 Å². The molecule has 0 radical (unpaired) electrons. The van der Waals surface area contributed by atoms with Gasteiger partial charge in [0.05, 0.1) is 12.2 Å². The molecule has 1 aromatic heterocycles. The molecule has 0 saturated heterocycles. The molecule has 0 fully saturated rings. The van der Waals surface area contributed by atoms with Crippen molar-refractivity contribution in [1.29, 1.82) is 5.26 Å². The van der Waals surface area contributed by atoms with Gasteiger partial charge in [0.15, 0.2) is 0 Å². The van der Waals surface area contributed by atoms with Crippen LogP contribution in [0, 0.1) is 32.1 Å². The first-order chi connectivity index (χ1) is 11.4. The average Bonchev–Trinajstić information content (AvgIpc) is 2.82. The van der Waals surface area contributed by atoms with Crippen LogP contribution in [0.1, 0.15) is 49.2 Å². The maximum absolute atomic E-state index is 12.5. The maximum atomic E-state index is 12.5. The van der Waals surface area contributed by atoms with Gasteiger partial charge in [-0.2, -0.15) is 5.26 Å². The molecule has 0 aliphatic heterocycles. The predicted molar refractivity (Wildman–Crippen MR) is 93.6 cm³/mol. The first kappa shape index (κ1) is 17.7. The number of hydrogen-bond donors (Lipinski definition) is 1. The second kappa shape index (κ2) is 7.28. The van der Waals surface area contributed by atoms with Gasteiger partial charge >= 0.3 is 5.97 Å². The molecule has 0 aliphatic rings. The van der Waals surface area contributed by atoms with E-state index in [0.29, 0.717) is 26.6 Å². The summed E-state index contributed by atoms with van der Waals surface area (Å²) in [7, 11) is 0. The van der Waals surface area contributed by atoms with Crippen LogP contribution in [-0.2, 0) is 4.74 Å². The van der Waals surface area contributed by atoms with Gasteiger partial charge < -0.3 is 10.1 Å². The third kappa shape index (κ3) is 3.63. The summed E-state index contributed by atoms with van der Waals surface area (Å²) in [5.41, 5.74) is 3.29. The maximum Gasteiger partial charge on any atom is 0.348 e. The third-order valence-corrected chi connectivity index (χ3v) is 4.62. The number of nitrogens with zero attached hydrogens (tertiary/aromatic N) is 1. The zero-order chi connectivity index (χ0) is 17.9. The van der Waals surface area contributed by atoms with Gasteiger partial charge in [-0.3, -0.25) is 4.79 Å². The molecule has 6 heteroatoms. The van der Waals surface area contributed by atoms with E-state index in [1.165, 1.54) is 0 Å². The molecule has 0 aliphatic carbocycles. The molecule has 0 spiro atoms. The summed E-state index contributed by atoms with van der Waals surface area (Å²) in [6.07, 6.45) is 0. The number of thiophene rings is 1. The molecule has 2 aromatic rings. The summed E-state index contributed by atoms with van der Waals surface area (Å²) >= 11 is 1.06. The van der Waals surface area contributed by atoms with E-state index >= 15 is 0 Å². The lowest BCUT2D eigenvalue weighted by Crippen LogP contribution is -2.12. The summed E-state index contributed by atoms with van der Waals surface area (Å²) in [4.78, 5) is 24.8. The Balaban J connectivity index is 2.35. The molecule has 1 heterocycles. The highest BCUT2D eigenvalue weighted by atomic mass is 32.1. The van der Waals surface area contributed by atoms with Crippen molar-refractivity contribution in [1.82, 2.24) is 0 Å². The number of carbonyl (C=O) groups excluding carboxylic acids is 2. The van der Waals surface area contributed by atoms with Crippen molar-refractivity contribution in [2.45, 2.75) is 27.7 Å². The summed E-state index contributed by atoms with van der Waals surface area (Å²) in [5, 5.41) is 12.5. The third-order valence-electron chi connectivity index (χ3n) is 3.43. The van der Waals surface area contributed by atoms with E-state index < -0.39 is 5.97 Å². The van der Waals surface area contributed by atoms with Crippen molar-refractivity contribution in [2.75, 3.05) is 11.9 Å². The Kier molecular flexibility index (Phi) is 5.37. The number of rotatable bonds is 4. The van der Waals surface area contributed by atoms with Crippen molar-refractivity contribution in [2.24, 2.45) is 0 Å². The summed E-state index contributed by atoms with van der Waals surface area (Å²) in [5.74, 6) is -0.793. The standard InChI is InChI=1S/C18H18N2O3S/c1-5-23-18(22)15-12(4)14(9-19)17(24-15)20-16(21)13-7-10(2)6-11(3)8-13/h6-8H,5H2,1-4H3,(H,20,21). The van der Waals surface area contributed by atoms with Crippen LogP contribution < -0.4 is 5.32 Å². The highest BCUT2D eigenvalue weighted by molar-refractivity contribution is 7.18. The van der Waals surface area contributed by atoms with E-state index in [9.17, 15) is 14.9 Å². The van der Waals surface area contributed by atoms with Crippen LogP contribution in [0.5, 0.6) is 0 Å². The normalized spacial score (nSPS) is 10.1. The van der Waals surface area contributed by atoms with Crippen LogP contribution in [0.25, 0.3) is 0 Å². The molecule has 0 atom stereocenters. The topological polar surface area (TPSA) is 79.2 Å². The number of carbonyl (C=O) groups is 2. The van der Waals surface area contributed by atoms with E-state index in [1.54, 1.807) is 26.0 Å². The molecule has 1 amide bonds. The zero-order valence-corrected chi connectivity index (χ0v) is 14.8. The number of nitrogens with one attached hydrogen (secondary N) is 1. The molecule has 0 saturated carbocycles. The van der Waals surface area contributed by atoms with Gasteiger partial charge in [-0.1, -0.05) is 17.2 Å². The molecular weight excluding hydrogens is 324 g/mol. The average molecular weight is 342 g/mol. The van der Waals surface area contributed by atoms with Crippen LogP contribution in [0.2, 0.25) is 0 Å². The van der Waals surface area contributed by atoms with Gasteiger partial charge in [0.25, 0.3) is 5.91 Å². The van der Waals surface area contributed by atoms with Gasteiger partial charge in [-0.15, -0.1) is 11.3 Å². The minimum atomic E-state index is -0.483. The van der Waals surface area contributed by atoms with Crippen molar-refractivity contribution in [3.63, 3.8) is 0 Å². The molecule has 2 rings (SSSR count). The number of anilines is 1. The lowest BCUT2D eigenvalue weighted by molar-refractivity contribution is 0.0531. The zero-order valence-electron chi connectivity index (χ0n) is 14.0. The Hall–Kier alpha value is -2.65. The molecule has 0 bridgehead atoms. The van der Waals surface area contributed by atoms with Crippen molar-refractivity contribution in [3.8, 4) is 6.07 Å². The molecule has 24 heavy (non-hydrogen) atoms. The van der Waals surface area contributed by atoms with Crippen molar-refractivity contribution >= 4 is 28.2 Å². The van der Waals surface area contributed by atoms with Crippen LogP contribution in [0.4, 0.5) is 5.00 Å². The minimum absolute atomic E-state index is 0.252. The van der Waals surface area contributed by atoms with Crippen LogP contribution in [-0.4, -0.2) is 18.5 Å². The van der Waals surface area contributed by atoms with Gasteiger partial charge in [0.1, 0.15) is 15.9 Å². The second-order valence-corrected chi connectivity index (χ2v) is 6.44. The Morgan fingerprint density at radius 3 is 2.38 bits per heavy atom. The molecule has 0 unspecified atom stereocenters. The molecule has 1 aromatic carbocycles. The fraction of sp³-hybridized carbons (Fsp3) is 0.278. The molecular formula is C18H18N2O3S. The largest absolute Gasteiger partial charge is 0.462 e. The molecule has 5 nitrogen and oxygen atoms in total. The highest BCUT2D eigenvalue weighted by Crippen LogP contribution is 2.33. The van der Waals surface area contributed by atoms with Gasteiger partial charge in [0.2, 0.25) is 0 Å². The number of amides is 1. The first-order valence-electron chi connectivity index (χ1n) is 7.47. The molecule has 1 N–H and O–H groups in total. The number of benzene rings is 1. The number of nitriles is 1. The highest BCUT2D eigenvalue weighted by Gasteiger charge is 2.22. The van der Waals surface area contributed by atoms with Crippen LogP contribution >= 0.6 is 11.3 Å². The minimum Gasteiger partial charge on any atom is -0.462 e. The predicted octanol–water partition coefficient (Wildman–Crippen LogP) is 3.97. The van der Waals surface area contributed by atoms with Crippen LogP contribution in [0.3, 0.4) is 0 Å².